The molecular weight excluding hydrogens is 254 g/mol. The van der Waals surface area contributed by atoms with E-state index in [9.17, 15) is 4.79 Å². The highest BCUT2D eigenvalue weighted by atomic mass is 16.3. The molecular formula is C15H19N3O2. The van der Waals surface area contributed by atoms with Crippen LogP contribution in [0.3, 0.4) is 0 Å². The molecule has 1 unspecified atom stereocenters. The molecule has 0 spiro atoms. The first kappa shape index (κ1) is 13.3. The lowest BCUT2D eigenvalue weighted by Crippen LogP contribution is -2.25. The average Bonchev–Trinajstić information content (AvgIpc) is 2.93. The molecule has 0 amide bonds. The fraction of sp³-hybridized carbons (Fsp3) is 0.467. The molecule has 2 N–H and O–H groups in total. The Bertz CT molecular complexity index is 653. The SMILES string of the molecule is O=c1[nH]c(CCN2CCC(CO)C2)nc2ccccc12. The number of aliphatic hydroxyl groups is 1. The number of aliphatic hydroxyl groups excluding tert-OH is 1. The molecule has 1 saturated heterocycles. The Labute approximate surface area is 117 Å². The van der Waals surface area contributed by atoms with Crippen LogP contribution in [-0.4, -0.2) is 46.2 Å². The van der Waals surface area contributed by atoms with Gasteiger partial charge in [-0.1, -0.05) is 12.1 Å². The Morgan fingerprint density at radius 1 is 1.40 bits per heavy atom. The van der Waals surface area contributed by atoms with Crippen LogP contribution in [0.15, 0.2) is 29.1 Å². The van der Waals surface area contributed by atoms with Crippen molar-refractivity contribution in [2.75, 3.05) is 26.2 Å². The molecule has 0 saturated carbocycles. The molecule has 3 rings (SSSR count). The number of fused-ring (bicyclic) bond motifs is 1. The summed E-state index contributed by atoms with van der Waals surface area (Å²) in [6, 6.07) is 7.39. The number of rotatable bonds is 4. The molecule has 0 radical (unpaired) electrons. The highest BCUT2D eigenvalue weighted by Gasteiger charge is 2.21. The summed E-state index contributed by atoms with van der Waals surface area (Å²) in [5.41, 5.74) is 0.682. The predicted molar refractivity (Wildman–Crippen MR) is 77.7 cm³/mol. The summed E-state index contributed by atoms with van der Waals surface area (Å²) in [4.78, 5) is 21.6. The van der Waals surface area contributed by atoms with Gasteiger partial charge >= 0.3 is 0 Å². The number of H-pyrrole nitrogens is 1. The monoisotopic (exact) mass is 273 g/mol. The standard InChI is InChI=1S/C15H19N3O2/c19-10-11-5-7-18(9-11)8-6-14-16-13-4-2-1-3-12(13)15(20)17-14/h1-4,11,19H,5-10H2,(H,16,17,20). The van der Waals surface area contributed by atoms with Crippen LogP contribution < -0.4 is 5.56 Å². The van der Waals surface area contributed by atoms with Crippen LogP contribution in [0, 0.1) is 5.92 Å². The molecule has 0 aliphatic carbocycles. The van der Waals surface area contributed by atoms with Gasteiger partial charge in [0, 0.05) is 26.1 Å². The Balaban J connectivity index is 1.70. The predicted octanol–water partition coefficient (Wildman–Crippen LogP) is 0.780. The largest absolute Gasteiger partial charge is 0.396 e. The van der Waals surface area contributed by atoms with E-state index in [1.165, 1.54) is 0 Å². The number of para-hydroxylation sites is 1. The lowest BCUT2D eigenvalue weighted by molar-refractivity contribution is 0.222. The van der Waals surface area contributed by atoms with Crippen LogP contribution in [0.5, 0.6) is 0 Å². The Morgan fingerprint density at radius 2 is 2.25 bits per heavy atom. The van der Waals surface area contributed by atoms with Crippen molar-refractivity contribution < 1.29 is 5.11 Å². The van der Waals surface area contributed by atoms with Gasteiger partial charge in [0.05, 0.1) is 10.9 Å². The maximum atomic E-state index is 12.0. The summed E-state index contributed by atoms with van der Waals surface area (Å²) in [5, 5.41) is 9.77. The summed E-state index contributed by atoms with van der Waals surface area (Å²) < 4.78 is 0. The molecule has 1 fully saturated rings. The minimum absolute atomic E-state index is 0.0692. The van der Waals surface area contributed by atoms with Gasteiger partial charge in [-0.2, -0.15) is 0 Å². The molecule has 5 heteroatoms. The van der Waals surface area contributed by atoms with E-state index in [1.807, 2.05) is 18.2 Å². The van der Waals surface area contributed by atoms with Crippen molar-refractivity contribution in [3.8, 4) is 0 Å². The number of hydrogen-bond donors (Lipinski definition) is 2. The van der Waals surface area contributed by atoms with Crippen LogP contribution in [-0.2, 0) is 6.42 Å². The van der Waals surface area contributed by atoms with Gasteiger partial charge in [-0.25, -0.2) is 4.98 Å². The van der Waals surface area contributed by atoms with E-state index in [-0.39, 0.29) is 12.2 Å². The molecule has 1 aromatic carbocycles. The highest BCUT2D eigenvalue weighted by molar-refractivity contribution is 5.77. The highest BCUT2D eigenvalue weighted by Crippen LogP contribution is 2.15. The molecule has 2 heterocycles. The summed E-state index contributed by atoms with van der Waals surface area (Å²) in [6.45, 7) is 3.09. The quantitative estimate of drug-likeness (QED) is 0.863. The van der Waals surface area contributed by atoms with Gasteiger partial charge in [-0.05, 0) is 31.0 Å². The maximum absolute atomic E-state index is 12.0. The van der Waals surface area contributed by atoms with E-state index >= 15 is 0 Å². The Hall–Kier alpha value is -1.72. The van der Waals surface area contributed by atoms with Crippen LogP contribution in [0.4, 0.5) is 0 Å². The van der Waals surface area contributed by atoms with Gasteiger partial charge in [0.25, 0.3) is 5.56 Å². The third kappa shape index (κ3) is 2.73. The smallest absolute Gasteiger partial charge is 0.258 e. The molecule has 0 bridgehead atoms. The van der Waals surface area contributed by atoms with Gasteiger partial charge < -0.3 is 15.0 Å². The number of likely N-dealkylation sites (tertiary alicyclic amines) is 1. The van der Waals surface area contributed by atoms with Crippen LogP contribution in [0.2, 0.25) is 0 Å². The first-order valence-electron chi connectivity index (χ1n) is 7.07. The lowest BCUT2D eigenvalue weighted by Gasteiger charge is -2.14. The number of aromatic nitrogens is 2. The van der Waals surface area contributed by atoms with Crippen molar-refractivity contribution in [3.05, 3.63) is 40.4 Å². The van der Waals surface area contributed by atoms with Crippen LogP contribution in [0.25, 0.3) is 10.9 Å². The van der Waals surface area contributed by atoms with Crippen molar-refractivity contribution in [3.63, 3.8) is 0 Å². The normalized spacial score (nSPS) is 19.8. The van der Waals surface area contributed by atoms with Gasteiger partial charge in [-0.15, -0.1) is 0 Å². The molecule has 2 aromatic rings. The summed E-state index contributed by atoms with van der Waals surface area (Å²) in [5.74, 6) is 1.14. The number of aromatic amines is 1. The van der Waals surface area contributed by atoms with E-state index < -0.39 is 0 Å². The Kier molecular flexibility index (Phi) is 3.80. The number of hydrogen-bond acceptors (Lipinski definition) is 4. The third-order valence-corrected chi connectivity index (χ3v) is 3.95. The van der Waals surface area contributed by atoms with Gasteiger partial charge in [0.15, 0.2) is 0 Å². The zero-order chi connectivity index (χ0) is 13.9. The Morgan fingerprint density at radius 3 is 3.05 bits per heavy atom. The first-order valence-corrected chi connectivity index (χ1v) is 7.07. The van der Waals surface area contributed by atoms with Crippen LogP contribution >= 0.6 is 0 Å². The molecule has 20 heavy (non-hydrogen) atoms. The second-order valence-corrected chi connectivity index (χ2v) is 5.42. The van der Waals surface area contributed by atoms with Gasteiger partial charge in [0.1, 0.15) is 5.82 Å². The lowest BCUT2D eigenvalue weighted by atomic mass is 10.1. The molecule has 1 aromatic heterocycles. The summed E-state index contributed by atoms with van der Waals surface area (Å²) in [7, 11) is 0. The van der Waals surface area contributed by atoms with Gasteiger partial charge in [-0.3, -0.25) is 4.79 Å². The third-order valence-electron chi connectivity index (χ3n) is 3.95. The number of nitrogens with zero attached hydrogens (tertiary/aromatic N) is 2. The second-order valence-electron chi connectivity index (χ2n) is 5.42. The van der Waals surface area contributed by atoms with Crippen molar-refractivity contribution in [1.82, 2.24) is 14.9 Å². The maximum Gasteiger partial charge on any atom is 0.258 e. The zero-order valence-electron chi connectivity index (χ0n) is 11.4. The number of nitrogens with one attached hydrogen (secondary N) is 1. The van der Waals surface area contributed by atoms with Gasteiger partial charge in [0.2, 0.25) is 0 Å². The molecule has 1 aliphatic heterocycles. The fourth-order valence-corrected chi connectivity index (χ4v) is 2.78. The fourth-order valence-electron chi connectivity index (χ4n) is 2.78. The molecule has 5 nitrogen and oxygen atoms in total. The zero-order valence-corrected chi connectivity index (χ0v) is 11.4. The van der Waals surface area contributed by atoms with Crippen molar-refractivity contribution in [2.45, 2.75) is 12.8 Å². The van der Waals surface area contributed by atoms with Crippen molar-refractivity contribution in [2.24, 2.45) is 5.92 Å². The van der Waals surface area contributed by atoms with Crippen LogP contribution in [0.1, 0.15) is 12.2 Å². The van der Waals surface area contributed by atoms with Crippen molar-refractivity contribution in [1.29, 1.82) is 0 Å². The van der Waals surface area contributed by atoms with E-state index in [2.05, 4.69) is 14.9 Å². The molecule has 106 valence electrons. The van der Waals surface area contributed by atoms with E-state index in [4.69, 9.17) is 5.11 Å². The first-order chi connectivity index (χ1) is 9.76. The molecule has 1 atom stereocenters. The van der Waals surface area contributed by atoms with E-state index in [1.54, 1.807) is 6.07 Å². The molecule has 1 aliphatic rings. The average molecular weight is 273 g/mol. The summed E-state index contributed by atoms with van der Waals surface area (Å²) in [6.07, 6.45) is 1.79. The summed E-state index contributed by atoms with van der Waals surface area (Å²) >= 11 is 0. The van der Waals surface area contributed by atoms with Crippen molar-refractivity contribution >= 4 is 10.9 Å². The topological polar surface area (TPSA) is 69.2 Å². The van der Waals surface area contributed by atoms with E-state index in [0.717, 1.165) is 43.8 Å². The minimum atomic E-state index is -0.0692. The van der Waals surface area contributed by atoms with E-state index in [0.29, 0.717) is 11.3 Å². The number of benzene rings is 1. The minimum Gasteiger partial charge on any atom is -0.396 e. The second kappa shape index (κ2) is 5.73.